The second-order valence-corrected chi connectivity index (χ2v) is 9.56. The van der Waals surface area contributed by atoms with Gasteiger partial charge in [-0.05, 0) is 54.9 Å². The first-order valence-corrected chi connectivity index (χ1v) is 12.2. The van der Waals surface area contributed by atoms with Crippen LogP contribution in [0.4, 0.5) is 10.1 Å². The summed E-state index contributed by atoms with van der Waals surface area (Å²) in [6, 6.07) is 19.4. The van der Waals surface area contributed by atoms with Gasteiger partial charge in [0.1, 0.15) is 23.2 Å². The van der Waals surface area contributed by atoms with Gasteiger partial charge in [-0.25, -0.2) is 4.39 Å². The van der Waals surface area contributed by atoms with Gasteiger partial charge in [0.05, 0.1) is 5.56 Å². The van der Waals surface area contributed by atoms with Crippen LogP contribution in [0.25, 0.3) is 22.3 Å². The Hall–Kier alpha value is -4.50. The number of anilines is 1. The monoisotopic (exact) mass is 514 g/mol. The van der Waals surface area contributed by atoms with Crippen LogP contribution in [0.3, 0.4) is 0 Å². The minimum absolute atomic E-state index is 0.0179. The Bertz CT molecular complexity index is 1510. The van der Waals surface area contributed by atoms with Gasteiger partial charge in [-0.3, -0.25) is 24.6 Å². The fourth-order valence-electron chi connectivity index (χ4n) is 4.63. The third-order valence-electron chi connectivity index (χ3n) is 6.52. The van der Waals surface area contributed by atoms with Crippen molar-refractivity contribution < 1.29 is 23.2 Å². The van der Waals surface area contributed by atoms with Crippen molar-refractivity contribution >= 4 is 34.4 Å². The highest BCUT2D eigenvalue weighted by molar-refractivity contribution is 6.05. The van der Waals surface area contributed by atoms with Crippen LogP contribution in [-0.2, 0) is 22.7 Å². The topological polar surface area (TPSA) is 118 Å². The van der Waals surface area contributed by atoms with E-state index in [1.165, 1.54) is 6.07 Å². The van der Waals surface area contributed by atoms with Crippen molar-refractivity contribution in [3.8, 4) is 11.3 Å². The van der Waals surface area contributed by atoms with E-state index in [0.29, 0.717) is 30.5 Å². The number of fused-ring (bicyclic) bond motifs is 1. The summed E-state index contributed by atoms with van der Waals surface area (Å²) in [6.45, 7) is 1.44. The summed E-state index contributed by atoms with van der Waals surface area (Å²) >= 11 is 0. The molecule has 0 aliphatic carbocycles. The van der Waals surface area contributed by atoms with E-state index in [-0.39, 0.29) is 23.0 Å². The largest absolute Gasteiger partial charge is 0.455 e. The molecule has 9 heteroatoms. The van der Waals surface area contributed by atoms with E-state index in [1.807, 2.05) is 55.6 Å². The SMILES string of the molecule is CN(Cc1ccc(NC2CCC(=O)NC2=O)cc1)Cc1ccc(-c2cc3cc(F)cc(C(N)=O)c3o2)cc1. The quantitative estimate of drug-likeness (QED) is 0.304. The Morgan fingerprint density at radius 1 is 1.05 bits per heavy atom. The molecular weight excluding hydrogens is 487 g/mol. The molecule has 1 aromatic heterocycles. The summed E-state index contributed by atoms with van der Waals surface area (Å²) in [5.74, 6) is -1.28. The molecule has 2 heterocycles. The number of carbonyl (C=O) groups excluding carboxylic acids is 3. The summed E-state index contributed by atoms with van der Waals surface area (Å²) < 4.78 is 19.7. The number of carbonyl (C=O) groups is 3. The number of benzene rings is 3. The Morgan fingerprint density at radius 3 is 2.34 bits per heavy atom. The van der Waals surface area contributed by atoms with Crippen LogP contribution in [0.2, 0.25) is 0 Å². The summed E-state index contributed by atoms with van der Waals surface area (Å²) in [6.07, 6.45) is 0.818. The lowest BCUT2D eigenvalue weighted by molar-refractivity contribution is -0.133. The lowest BCUT2D eigenvalue weighted by Gasteiger charge is -2.23. The first kappa shape index (κ1) is 25.2. The van der Waals surface area contributed by atoms with Crippen molar-refractivity contribution in [3.05, 3.63) is 89.2 Å². The van der Waals surface area contributed by atoms with Gasteiger partial charge >= 0.3 is 0 Å². The summed E-state index contributed by atoms with van der Waals surface area (Å²) in [7, 11) is 2.03. The maximum atomic E-state index is 13.9. The number of nitrogens with one attached hydrogen (secondary N) is 2. The molecule has 4 aromatic rings. The maximum absolute atomic E-state index is 13.9. The summed E-state index contributed by atoms with van der Waals surface area (Å²) in [5, 5.41) is 6.02. The van der Waals surface area contributed by atoms with Crippen molar-refractivity contribution in [1.82, 2.24) is 10.2 Å². The van der Waals surface area contributed by atoms with Crippen molar-refractivity contribution in [1.29, 1.82) is 0 Å². The van der Waals surface area contributed by atoms with E-state index in [4.69, 9.17) is 10.2 Å². The third-order valence-corrected chi connectivity index (χ3v) is 6.52. The van der Waals surface area contributed by atoms with E-state index in [9.17, 15) is 18.8 Å². The van der Waals surface area contributed by atoms with E-state index in [2.05, 4.69) is 15.5 Å². The van der Waals surface area contributed by atoms with Crippen molar-refractivity contribution in [3.63, 3.8) is 0 Å². The maximum Gasteiger partial charge on any atom is 0.252 e. The van der Waals surface area contributed by atoms with E-state index in [1.54, 1.807) is 6.07 Å². The minimum Gasteiger partial charge on any atom is -0.455 e. The molecule has 3 amide bonds. The highest BCUT2D eigenvalue weighted by Gasteiger charge is 2.26. The van der Waals surface area contributed by atoms with Crippen LogP contribution in [0, 0.1) is 5.82 Å². The zero-order valence-corrected chi connectivity index (χ0v) is 20.8. The molecular formula is C29H27FN4O4. The number of furan rings is 1. The average Bonchev–Trinajstić information content (AvgIpc) is 3.30. The second kappa shape index (κ2) is 10.5. The molecule has 1 saturated heterocycles. The third kappa shape index (κ3) is 5.57. The Balaban J connectivity index is 1.20. The normalized spacial score (nSPS) is 15.6. The zero-order chi connectivity index (χ0) is 26.8. The molecule has 1 atom stereocenters. The van der Waals surface area contributed by atoms with Crippen molar-refractivity contribution in [2.75, 3.05) is 12.4 Å². The molecule has 0 spiro atoms. The molecule has 1 fully saturated rings. The number of primary amides is 1. The van der Waals surface area contributed by atoms with Crippen molar-refractivity contribution in [2.24, 2.45) is 5.73 Å². The number of nitrogens with zero attached hydrogens (tertiary/aromatic N) is 1. The molecule has 1 unspecified atom stereocenters. The number of rotatable bonds is 8. The fraction of sp³-hybridized carbons (Fsp3) is 0.207. The Labute approximate surface area is 218 Å². The fourth-order valence-corrected chi connectivity index (χ4v) is 4.63. The molecule has 8 nitrogen and oxygen atoms in total. The molecule has 5 rings (SSSR count). The predicted molar refractivity (Wildman–Crippen MR) is 142 cm³/mol. The Morgan fingerprint density at radius 2 is 1.71 bits per heavy atom. The van der Waals surface area contributed by atoms with Gasteiger partial charge in [-0.2, -0.15) is 0 Å². The van der Waals surface area contributed by atoms with Gasteiger partial charge in [0.2, 0.25) is 11.8 Å². The van der Waals surface area contributed by atoms with Gasteiger partial charge in [0.25, 0.3) is 5.91 Å². The van der Waals surface area contributed by atoms with Crippen LogP contribution in [0.5, 0.6) is 0 Å². The minimum atomic E-state index is -0.742. The van der Waals surface area contributed by atoms with Gasteiger partial charge in [0.15, 0.2) is 0 Å². The van der Waals surface area contributed by atoms with Crippen LogP contribution in [0.1, 0.15) is 34.3 Å². The lowest BCUT2D eigenvalue weighted by atomic mass is 10.1. The van der Waals surface area contributed by atoms with Crippen LogP contribution in [0.15, 0.2) is 71.1 Å². The number of hydrogen-bond donors (Lipinski definition) is 3. The van der Waals surface area contributed by atoms with E-state index < -0.39 is 17.8 Å². The predicted octanol–water partition coefficient (Wildman–Crippen LogP) is 4.19. The number of piperidine rings is 1. The molecule has 4 N–H and O–H groups in total. The average molecular weight is 515 g/mol. The molecule has 38 heavy (non-hydrogen) atoms. The number of halogens is 1. The summed E-state index contributed by atoms with van der Waals surface area (Å²) in [5.41, 5.74) is 9.53. The standard InChI is InChI=1S/C29H27FN4O4/c1-34(16-18-4-8-22(9-5-18)32-24-10-11-26(35)33-29(24)37)15-17-2-6-19(7-3-17)25-13-20-12-21(30)14-23(28(31)36)27(20)38-25/h2-9,12-14,24,32H,10-11,15-16H2,1H3,(H2,31,36)(H,33,35,37). The van der Waals surface area contributed by atoms with E-state index >= 15 is 0 Å². The smallest absolute Gasteiger partial charge is 0.252 e. The number of hydrogen-bond acceptors (Lipinski definition) is 6. The van der Waals surface area contributed by atoms with Gasteiger partial charge in [-0.15, -0.1) is 0 Å². The lowest BCUT2D eigenvalue weighted by Crippen LogP contribution is -2.47. The van der Waals surface area contributed by atoms with Crippen LogP contribution < -0.4 is 16.4 Å². The molecule has 1 aliphatic heterocycles. The van der Waals surface area contributed by atoms with Gasteiger partial charge in [0, 0.05) is 36.1 Å². The summed E-state index contributed by atoms with van der Waals surface area (Å²) in [4.78, 5) is 37.1. The Kier molecular flexibility index (Phi) is 6.93. The molecule has 0 saturated carbocycles. The van der Waals surface area contributed by atoms with Gasteiger partial charge in [-0.1, -0.05) is 36.4 Å². The van der Waals surface area contributed by atoms with Gasteiger partial charge < -0.3 is 15.5 Å². The zero-order valence-electron chi connectivity index (χ0n) is 20.8. The highest BCUT2D eigenvalue weighted by atomic mass is 19.1. The first-order chi connectivity index (χ1) is 18.2. The molecule has 194 valence electrons. The van der Waals surface area contributed by atoms with E-state index in [0.717, 1.165) is 35.0 Å². The molecule has 1 aliphatic rings. The second-order valence-electron chi connectivity index (χ2n) is 9.56. The number of nitrogens with two attached hydrogens (primary N) is 1. The highest BCUT2D eigenvalue weighted by Crippen LogP contribution is 2.31. The van der Waals surface area contributed by atoms with Crippen molar-refractivity contribution in [2.45, 2.75) is 32.0 Å². The first-order valence-electron chi connectivity index (χ1n) is 12.2. The van der Waals surface area contributed by atoms with Crippen LogP contribution >= 0.6 is 0 Å². The number of imide groups is 1. The van der Waals surface area contributed by atoms with Crippen LogP contribution in [-0.4, -0.2) is 35.7 Å². The molecule has 3 aromatic carbocycles. The molecule has 0 radical (unpaired) electrons. The molecule has 0 bridgehead atoms. The number of amides is 3.